The fourth-order valence-corrected chi connectivity index (χ4v) is 6.31. The quantitative estimate of drug-likeness (QED) is 0.0738. The molecule has 0 aliphatic carbocycles. The standard InChI is InChI=1S/C46H33NO8/c1-28-17-21-30(22-18-28)39(48)41(32-11-5-3-6-12-32)54-45(52)34-25-26-35-37(27-34)44(51)47(43(35)50)38-16-10-9-15-36(38)46(53)55-42(33-13-7-4-8-14-33)40(49)31-23-19-29(2)20-24-31/h3-27,41-42H,1-2H3/t41-,42+/m1/s1. The number of carbonyl (C=O) groups is 6. The van der Waals surface area contributed by atoms with Gasteiger partial charge in [-0.3, -0.25) is 19.2 Å². The second-order valence-electron chi connectivity index (χ2n) is 13.1. The summed E-state index contributed by atoms with van der Waals surface area (Å²) in [5.74, 6) is -4.22. The number of hydrogen-bond acceptors (Lipinski definition) is 8. The molecular formula is C46H33NO8. The maximum atomic E-state index is 14.0. The molecule has 0 saturated heterocycles. The molecule has 6 aromatic carbocycles. The molecule has 0 saturated carbocycles. The van der Waals surface area contributed by atoms with Crippen LogP contribution < -0.4 is 4.90 Å². The molecule has 0 unspecified atom stereocenters. The highest BCUT2D eigenvalue weighted by Crippen LogP contribution is 2.34. The van der Waals surface area contributed by atoms with Crippen molar-refractivity contribution in [1.82, 2.24) is 0 Å². The Bertz CT molecular complexity index is 2460. The molecule has 0 bridgehead atoms. The lowest BCUT2D eigenvalue weighted by Gasteiger charge is -2.21. The molecule has 1 aliphatic rings. The molecule has 0 aromatic heterocycles. The number of anilines is 1. The second-order valence-corrected chi connectivity index (χ2v) is 13.1. The number of ether oxygens (including phenoxy) is 2. The largest absolute Gasteiger partial charge is 0.445 e. The summed E-state index contributed by atoms with van der Waals surface area (Å²) in [4.78, 5) is 83.5. The highest BCUT2D eigenvalue weighted by Gasteiger charge is 2.40. The van der Waals surface area contributed by atoms with Crippen LogP contribution in [0.25, 0.3) is 0 Å². The van der Waals surface area contributed by atoms with Gasteiger partial charge in [-0.15, -0.1) is 0 Å². The van der Waals surface area contributed by atoms with Crippen LogP contribution in [0, 0.1) is 13.8 Å². The minimum Gasteiger partial charge on any atom is -0.445 e. The minimum absolute atomic E-state index is 0.00299. The van der Waals surface area contributed by atoms with Crippen molar-refractivity contribution in [1.29, 1.82) is 0 Å². The molecule has 6 aromatic rings. The third kappa shape index (κ3) is 7.36. The van der Waals surface area contributed by atoms with Crippen LogP contribution >= 0.6 is 0 Å². The normalized spacial score (nSPS) is 13.1. The lowest BCUT2D eigenvalue weighted by molar-refractivity contribution is 0.0278. The molecule has 2 amide bonds. The lowest BCUT2D eigenvalue weighted by Crippen LogP contribution is -2.31. The van der Waals surface area contributed by atoms with Crippen LogP contribution in [0.3, 0.4) is 0 Å². The fourth-order valence-electron chi connectivity index (χ4n) is 6.31. The van der Waals surface area contributed by atoms with Gasteiger partial charge in [0.1, 0.15) is 0 Å². The van der Waals surface area contributed by atoms with Gasteiger partial charge in [-0.05, 0) is 44.2 Å². The number of Topliss-reactive ketones (excluding diaryl/α,β-unsaturated/α-hetero) is 2. The third-order valence-electron chi connectivity index (χ3n) is 9.29. The van der Waals surface area contributed by atoms with Crippen LogP contribution in [0.1, 0.15) is 96.6 Å². The van der Waals surface area contributed by atoms with E-state index in [-0.39, 0.29) is 27.9 Å². The zero-order valence-corrected chi connectivity index (χ0v) is 29.8. The van der Waals surface area contributed by atoms with Crippen LogP contribution in [-0.2, 0) is 9.47 Å². The van der Waals surface area contributed by atoms with E-state index in [1.54, 1.807) is 121 Å². The number of imide groups is 1. The van der Waals surface area contributed by atoms with Crippen LogP contribution in [-0.4, -0.2) is 35.3 Å². The Morgan fingerprint density at radius 1 is 0.473 bits per heavy atom. The average molecular weight is 728 g/mol. The highest BCUT2D eigenvalue weighted by molar-refractivity contribution is 6.35. The molecule has 2 atom stereocenters. The van der Waals surface area contributed by atoms with E-state index >= 15 is 0 Å². The second kappa shape index (κ2) is 15.4. The fraction of sp³-hybridized carbons (Fsp3) is 0.0870. The first kappa shape index (κ1) is 36.1. The molecule has 1 heterocycles. The van der Waals surface area contributed by atoms with E-state index in [2.05, 4.69) is 0 Å². The third-order valence-corrected chi connectivity index (χ3v) is 9.29. The van der Waals surface area contributed by atoms with E-state index in [9.17, 15) is 28.8 Å². The van der Waals surface area contributed by atoms with Crippen molar-refractivity contribution in [3.05, 3.63) is 207 Å². The SMILES string of the molecule is Cc1ccc(C(=O)[C@@H](OC(=O)c2ccccc2N2C(=O)c3ccc(C(=O)O[C@@H](C(=O)c4ccc(C)cc4)c4ccccc4)cc3C2=O)c2ccccc2)cc1. The van der Waals surface area contributed by atoms with E-state index in [0.29, 0.717) is 22.3 Å². The summed E-state index contributed by atoms with van der Waals surface area (Å²) in [6.07, 6.45) is -2.60. The van der Waals surface area contributed by atoms with Gasteiger partial charge in [-0.1, -0.05) is 132 Å². The summed E-state index contributed by atoms with van der Waals surface area (Å²) in [5, 5.41) is 0. The summed E-state index contributed by atoms with van der Waals surface area (Å²) < 4.78 is 11.7. The molecule has 9 heteroatoms. The molecule has 270 valence electrons. The minimum atomic E-state index is -1.32. The number of fused-ring (bicyclic) bond motifs is 1. The Labute approximate surface area is 316 Å². The summed E-state index contributed by atoms with van der Waals surface area (Å²) in [5.41, 5.74) is 3.14. The Balaban J connectivity index is 1.16. The van der Waals surface area contributed by atoms with Crippen molar-refractivity contribution in [3.63, 3.8) is 0 Å². The summed E-state index contributed by atoms with van der Waals surface area (Å²) in [7, 11) is 0. The van der Waals surface area contributed by atoms with Gasteiger partial charge in [0, 0.05) is 22.3 Å². The van der Waals surface area contributed by atoms with Crippen LogP contribution in [0.5, 0.6) is 0 Å². The Morgan fingerprint density at radius 2 is 0.909 bits per heavy atom. The van der Waals surface area contributed by atoms with Gasteiger partial charge in [-0.2, -0.15) is 0 Å². The van der Waals surface area contributed by atoms with E-state index in [4.69, 9.17) is 9.47 Å². The van der Waals surface area contributed by atoms with Crippen molar-refractivity contribution in [3.8, 4) is 0 Å². The van der Waals surface area contributed by atoms with Crippen LogP contribution in [0.4, 0.5) is 5.69 Å². The number of ketones is 2. The predicted octanol–water partition coefficient (Wildman–Crippen LogP) is 8.67. The van der Waals surface area contributed by atoms with Gasteiger partial charge >= 0.3 is 11.9 Å². The van der Waals surface area contributed by atoms with Crippen molar-refractivity contribution in [2.75, 3.05) is 4.90 Å². The van der Waals surface area contributed by atoms with E-state index in [0.717, 1.165) is 16.0 Å². The van der Waals surface area contributed by atoms with Gasteiger partial charge in [0.15, 0.2) is 12.2 Å². The summed E-state index contributed by atoms with van der Waals surface area (Å²) >= 11 is 0. The number of amides is 2. The van der Waals surface area contributed by atoms with E-state index < -0.39 is 47.5 Å². The van der Waals surface area contributed by atoms with Gasteiger partial charge in [-0.25, -0.2) is 14.5 Å². The van der Waals surface area contributed by atoms with Crippen molar-refractivity contribution < 1.29 is 38.2 Å². The molecule has 0 N–H and O–H groups in total. The number of benzene rings is 6. The number of rotatable bonds is 11. The van der Waals surface area contributed by atoms with Crippen LogP contribution in [0.15, 0.2) is 152 Å². The first-order valence-corrected chi connectivity index (χ1v) is 17.5. The molecule has 1 aliphatic heterocycles. The number of esters is 2. The van der Waals surface area contributed by atoms with Crippen molar-refractivity contribution in [2.24, 2.45) is 0 Å². The monoisotopic (exact) mass is 727 g/mol. The topological polar surface area (TPSA) is 124 Å². The van der Waals surface area contributed by atoms with Gasteiger partial charge in [0.25, 0.3) is 11.8 Å². The van der Waals surface area contributed by atoms with Crippen LogP contribution in [0.2, 0.25) is 0 Å². The number of aryl methyl sites for hydroxylation is 2. The molecule has 55 heavy (non-hydrogen) atoms. The Morgan fingerprint density at radius 3 is 1.44 bits per heavy atom. The number of nitrogens with zero attached hydrogens (tertiary/aromatic N) is 1. The number of carbonyl (C=O) groups excluding carboxylic acids is 6. The molecule has 0 fully saturated rings. The smallest absolute Gasteiger partial charge is 0.341 e. The number of hydrogen-bond donors (Lipinski definition) is 0. The average Bonchev–Trinajstić information content (AvgIpc) is 3.47. The zero-order chi connectivity index (χ0) is 38.6. The Hall–Kier alpha value is -7.26. The Kier molecular flexibility index (Phi) is 10.1. The maximum Gasteiger partial charge on any atom is 0.341 e. The zero-order valence-electron chi connectivity index (χ0n) is 29.8. The summed E-state index contributed by atoms with van der Waals surface area (Å²) in [6.45, 7) is 3.79. The van der Waals surface area contributed by atoms with E-state index in [1.807, 2.05) is 13.8 Å². The molecule has 9 nitrogen and oxygen atoms in total. The first-order valence-electron chi connectivity index (χ1n) is 17.5. The molecule has 0 spiro atoms. The maximum absolute atomic E-state index is 14.0. The van der Waals surface area contributed by atoms with Crippen molar-refractivity contribution in [2.45, 2.75) is 26.1 Å². The molecule has 0 radical (unpaired) electrons. The highest BCUT2D eigenvalue weighted by atomic mass is 16.6. The van der Waals surface area contributed by atoms with Gasteiger partial charge < -0.3 is 9.47 Å². The first-order chi connectivity index (χ1) is 26.6. The van der Waals surface area contributed by atoms with E-state index in [1.165, 1.54) is 30.3 Å². The predicted molar refractivity (Wildman–Crippen MR) is 204 cm³/mol. The molecule has 7 rings (SSSR count). The summed E-state index contributed by atoms with van der Waals surface area (Å²) in [6, 6.07) is 40.7. The van der Waals surface area contributed by atoms with Gasteiger partial charge in [0.05, 0.1) is 27.9 Å². The van der Waals surface area contributed by atoms with Gasteiger partial charge in [0.2, 0.25) is 11.6 Å². The number of para-hydroxylation sites is 1. The van der Waals surface area contributed by atoms with Crippen molar-refractivity contribution >= 4 is 41.0 Å². The molecular weight excluding hydrogens is 695 g/mol. The lowest BCUT2D eigenvalue weighted by atomic mass is 9.99.